The number of phenols is 1. The Kier molecular flexibility index (Phi) is 2.56. The van der Waals surface area contributed by atoms with E-state index in [-0.39, 0.29) is 11.7 Å². The van der Waals surface area contributed by atoms with Crippen molar-refractivity contribution in [2.24, 2.45) is 0 Å². The minimum absolute atomic E-state index is 0.133. The van der Waals surface area contributed by atoms with Gasteiger partial charge in [0, 0.05) is 18.7 Å². The molecule has 0 fully saturated rings. The number of hydrogen-bond donors (Lipinski definition) is 2. The number of aryl methyl sites for hydroxylation is 2. The Morgan fingerprint density at radius 2 is 1.92 bits per heavy atom. The fourth-order valence-corrected chi connectivity index (χ4v) is 1.17. The summed E-state index contributed by atoms with van der Waals surface area (Å²) in [5, 5.41) is 12.0. The van der Waals surface area contributed by atoms with Crippen molar-refractivity contribution < 1.29 is 9.90 Å². The van der Waals surface area contributed by atoms with Crippen LogP contribution >= 0.6 is 0 Å². The lowest BCUT2D eigenvalue weighted by molar-refractivity contribution is -0.114. The number of phenolic OH excluding ortho intramolecular Hbond substituents is 1. The first-order valence-corrected chi connectivity index (χ1v) is 4.08. The lowest BCUT2D eigenvalue weighted by Crippen LogP contribution is -2.07. The van der Waals surface area contributed by atoms with Gasteiger partial charge in [-0.25, -0.2) is 0 Å². The lowest BCUT2D eigenvalue weighted by Gasteiger charge is -2.08. The molecule has 0 spiro atoms. The molecule has 1 rings (SSSR count). The molecule has 0 radical (unpaired) electrons. The fraction of sp³-hybridized carbons (Fsp3) is 0.300. The minimum Gasteiger partial charge on any atom is -0.508 e. The summed E-state index contributed by atoms with van der Waals surface area (Å²) in [7, 11) is 0. The number of benzene rings is 1. The third-order valence-electron chi connectivity index (χ3n) is 1.85. The molecule has 0 saturated heterocycles. The summed E-state index contributed by atoms with van der Waals surface area (Å²) in [5.41, 5.74) is 2.42. The van der Waals surface area contributed by atoms with Crippen LogP contribution in [0.25, 0.3) is 0 Å². The van der Waals surface area contributed by atoms with Gasteiger partial charge in [-0.3, -0.25) is 4.79 Å². The van der Waals surface area contributed by atoms with Crippen LogP contribution in [0.3, 0.4) is 0 Å². The van der Waals surface area contributed by atoms with Crippen molar-refractivity contribution in [3.05, 3.63) is 23.3 Å². The maximum atomic E-state index is 10.8. The van der Waals surface area contributed by atoms with Crippen LogP contribution in [-0.4, -0.2) is 11.0 Å². The summed E-state index contributed by atoms with van der Waals surface area (Å²) in [4.78, 5) is 10.8. The van der Waals surface area contributed by atoms with E-state index in [1.165, 1.54) is 6.92 Å². The van der Waals surface area contributed by atoms with Crippen molar-refractivity contribution in [1.29, 1.82) is 0 Å². The van der Waals surface area contributed by atoms with Crippen LogP contribution in [0.4, 0.5) is 5.69 Å². The fourth-order valence-electron chi connectivity index (χ4n) is 1.17. The predicted octanol–water partition coefficient (Wildman–Crippen LogP) is 1.97. The molecule has 1 amide bonds. The highest BCUT2D eigenvalue weighted by Gasteiger charge is 2.03. The molecule has 3 nitrogen and oxygen atoms in total. The second kappa shape index (κ2) is 3.47. The summed E-state index contributed by atoms with van der Waals surface area (Å²) in [5.74, 6) is 0.0701. The Bertz CT molecular complexity index is 345. The summed E-state index contributed by atoms with van der Waals surface area (Å²) in [6.07, 6.45) is 0. The Morgan fingerprint density at radius 3 is 2.46 bits per heavy atom. The Labute approximate surface area is 77.4 Å². The largest absolute Gasteiger partial charge is 0.508 e. The highest BCUT2D eigenvalue weighted by atomic mass is 16.3. The van der Waals surface area contributed by atoms with Crippen molar-refractivity contribution >= 4 is 11.6 Å². The van der Waals surface area contributed by atoms with Gasteiger partial charge in [0.05, 0.1) is 0 Å². The standard InChI is InChI=1S/C10H13NO2/c1-6-4-7(2)10(13)5-9(6)11-8(3)12/h4-5,13H,1-3H3,(H,11,12). The number of hydrogen-bond acceptors (Lipinski definition) is 2. The van der Waals surface area contributed by atoms with Gasteiger partial charge in [-0.05, 0) is 25.0 Å². The normalized spacial score (nSPS) is 9.77. The molecule has 2 N–H and O–H groups in total. The molecular weight excluding hydrogens is 166 g/mol. The van der Waals surface area contributed by atoms with Crippen LogP contribution in [0.2, 0.25) is 0 Å². The number of amides is 1. The summed E-state index contributed by atoms with van der Waals surface area (Å²) in [6, 6.07) is 3.40. The maximum Gasteiger partial charge on any atom is 0.221 e. The van der Waals surface area contributed by atoms with Gasteiger partial charge in [0.1, 0.15) is 5.75 Å². The zero-order valence-corrected chi connectivity index (χ0v) is 8.01. The smallest absolute Gasteiger partial charge is 0.221 e. The van der Waals surface area contributed by atoms with Gasteiger partial charge in [-0.15, -0.1) is 0 Å². The number of rotatable bonds is 1. The van der Waals surface area contributed by atoms with Crippen LogP contribution in [0.15, 0.2) is 12.1 Å². The molecule has 0 unspecified atom stereocenters. The highest BCUT2D eigenvalue weighted by molar-refractivity contribution is 5.89. The van der Waals surface area contributed by atoms with E-state index in [9.17, 15) is 9.90 Å². The number of carbonyl (C=O) groups is 1. The van der Waals surface area contributed by atoms with Crippen LogP contribution in [0, 0.1) is 13.8 Å². The van der Waals surface area contributed by atoms with E-state index < -0.39 is 0 Å². The Morgan fingerprint density at radius 1 is 1.31 bits per heavy atom. The molecule has 0 aliphatic heterocycles. The van der Waals surface area contributed by atoms with E-state index >= 15 is 0 Å². The molecule has 0 saturated carbocycles. The second-order valence-corrected chi connectivity index (χ2v) is 3.13. The molecule has 1 aromatic rings. The van der Waals surface area contributed by atoms with Gasteiger partial charge in [0.15, 0.2) is 0 Å². The molecular formula is C10H13NO2. The zero-order valence-electron chi connectivity index (χ0n) is 8.01. The molecule has 3 heteroatoms. The Hall–Kier alpha value is -1.51. The summed E-state index contributed by atoms with van der Waals surface area (Å²) in [6.45, 7) is 5.15. The van der Waals surface area contributed by atoms with Gasteiger partial charge in [0.2, 0.25) is 5.91 Å². The van der Waals surface area contributed by atoms with E-state index in [1.807, 2.05) is 19.9 Å². The first-order valence-electron chi connectivity index (χ1n) is 4.08. The molecule has 0 bridgehead atoms. The summed E-state index contributed by atoms with van der Waals surface area (Å²) < 4.78 is 0. The van der Waals surface area contributed by atoms with E-state index in [1.54, 1.807) is 6.07 Å². The molecule has 0 heterocycles. The molecule has 0 atom stereocenters. The molecule has 13 heavy (non-hydrogen) atoms. The van der Waals surface area contributed by atoms with Crippen LogP contribution < -0.4 is 5.32 Å². The molecule has 0 aliphatic carbocycles. The Balaban J connectivity index is 3.08. The SMILES string of the molecule is CC(=O)Nc1cc(O)c(C)cc1C. The number of anilines is 1. The minimum atomic E-state index is -0.133. The molecule has 0 aromatic heterocycles. The van der Waals surface area contributed by atoms with Crippen molar-refractivity contribution in [3.63, 3.8) is 0 Å². The quantitative estimate of drug-likeness (QED) is 0.692. The average molecular weight is 179 g/mol. The van der Waals surface area contributed by atoms with E-state index in [0.29, 0.717) is 5.69 Å². The number of aromatic hydroxyl groups is 1. The van der Waals surface area contributed by atoms with Crippen molar-refractivity contribution in [2.45, 2.75) is 20.8 Å². The van der Waals surface area contributed by atoms with E-state index in [2.05, 4.69) is 5.32 Å². The van der Waals surface area contributed by atoms with Crippen LogP contribution in [0.5, 0.6) is 5.75 Å². The van der Waals surface area contributed by atoms with Gasteiger partial charge < -0.3 is 10.4 Å². The van der Waals surface area contributed by atoms with Gasteiger partial charge in [-0.2, -0.15) is 0 Å². The topological polar surface area (TPSA) is 49.3 Å². The maximum absolute atomic E-state index is 10.8. The van der Waals surface area contributed by atoms with Crippen molar-refractivity contribution in [3.8, 4) is 5.75 Å². The molecule has 0 aliphatic rings. The summed E-state index contributed by atoms with van der Waals surface area (Å²) >= 11 is 0. The first kappa shape index (κ1) is 9.58. The highest BCUT2D eigenvalue weighted by Crippen LogP contribution is 2.24. The lowest BCUT2D eigenvalue weighted by atomic mass is 10.1. The first-order chi connectivity index (χ1) is 6.00. The van der Waals surface area contributed by atoms with Crippen molar-refractivity contribution in [1.82, 2.24) is 0 Å². The van der Waals surface area contributed by atoms with E-state index in [0.717, 1.165) is 11.1 Å². The van der Waals surface area contributed by atoms with Crippen molar-refractivity contribution in [2.75, 3.05) is 5.32 Å². The third-order valence-corrected chi connectivity index (χ3v) is 1.85. The third kappa shape index (κ3) is 2.21. The van der Waals surface area contributed by atoms with Gasteiger partial charge in [0.25, 0.3) is 0 Å². The zero-order chi connectivity index (χ0) is 10.0. The molecule has 70 valence electrons. The average Bonchev–Trinajstić information content (AvgIpc) is 1.99. The predicted molar refractivity (Wildman–Crippen MR) is 51.9 cm³/mol. The van der Waals surface area contributed by atoms with Crippen LogP contribution in [-0.2, 0) is 4.79 Å². The second-order valence-electron chi connectivity index (χ2n) is 3.13. The monoisotopic (exact) mass is 179 g/mol. The van der Waals surface area contributed by atoms with Crippen LogP contribution in [0.1, 0.15) is 18.1 Å². The molecule has 1 aromatic carbocycles. The number of nitrogens with one attached hydrogen (secondary N) is 1. The van der Waals surface area contributed by atoms with Gasteiger partial charge in [-0.1, -0.05) is 6.07 Å². The number of carbonyl (C=O) groups excluding carboxylic acids is 1. The van der Waals surface area contributed by atoms with E-state index in [4.69, 9.17) is 0 Å². The van der Waals surface area contributed by atoms with Gasteiger partial charge >= 0.3 is 0 Å².